The molecule has 0 spiro atoms. The zero-order chi connectivity index (χ0) is 16.8. The van der Waals surface area contributed by atoms with Crippen molar-refractivity contribution in [1.29, 1.82) is 0 Å². The van der Waals surface area contributed by atoms with Gasteiger partial charge in [-0.15, -0.1) is 0 Å². The van der Waals surface area contributed by atoms with Gasteiger partial charge in [-0.3, -0.25) is 4.79 Å². The van der Waals surface area contributed by atoms with E-state index in [9.17, 15) is 4.79 Å². The number of benzene rings is 1. The van der Waals surface area contributed by atoms with Gasteiger partial charge in [-0.1, -0.05) is 19.1 Å². The summed E-state index contributed by atoms with van der Waals surface area (Å²) in [6.07, 6.45) is 3.18. The highest BCUT2D eigenvalue weighted by molar-refractivity contribution is 5.93. The number of nitrogens with zero attached hydrogens (tertiary/aromatic N) is 3. The minimum absolute atomic E-state index is 0.404. The number of aromatic nitrogens is 2. The number of fused-ring (bicyclic) bond motifs is 1. The molecule has 24 heavy (non-hydrogen) atoms. The van der Waals surface area contributed by atoms with E-state index < -0.39 is 5.91 Å². The molecule has 1 aliphatic carbocycles. The highest BCUT2D eigenvalue weighted by Gasteiger charge is 2.35. The van der Waals surface area contributed by atoms with E-state index in [-0.39, 0.29) is 0 Å². The largest absolute Gasteiger partial charge is 0.366 e. The highest BCUT2D eigenvalue weighted by atomic mass is 16.1. The molecule has 2 heterocycles. The van der Waals surface area contributed by atoms with Crippen LogP contribution in [0.1, 0.15) is 41.9 Å². The number of carbonyl (C=O) groups excluding carboxylic acids is 1. The first kappa shape index (κ1) is 15.1. The molecule has 1 amide bonds. The fourth-order valence-electron chi connectivity index (χ4n) is 3.64. The average molecular weight is 322 g/mol. The molecule has 4 rings (SSSR count). The van der Waals surface area contributed by atoms with Crippen LogP contribution in [0.5, 0.6) is 0 Å². The summed E-state index contributed by atoms with van der Waals surface area (Å²) in [5, 5.41) is 0. The predicted molar refractivity (Wildman–Crippen MR) is 94.0 cm³/mol. The lowest BCUT2D eigenvalue weighted by Gasteiger charge is -2.45. The number of amides is 1. The smallest absolute Gasteiger partial charge is 0.248 e. The molecule has 1 aromatic carbocycles. The second-order valence-corrected chi connectivity index (χ2v) is 6.96. The Labute approximate surface area is 141 Å². The Balaban J connectivity index is 1.77. The molecule has 2 N–H and O–H groups in total. The summed E-state index contributed by atoms with van der Waals surface area (Å²) in [6.45, 7) is 5.50. The van der Waals surface area contributed by atoms with Gasteiger partial charge in [-0.25, -0.2) is 9.97 Å². The number of nitrogens with two attached hydrogens (primary N) is 1. The van der Waals surface area contributed by atoms with Crippen LogP contribution in [0.4, 0.5) is 5.95 Å². The van der Waals surface area contributed by atoms with Crippen molar-refractivity contribution in [2.75, 3.05) is 11.4 Å². The van der Waals surface area contributed by atoms with Crippen molar-refractivity contribution in [1.82, 2.24) is 9.97 Å². The molecule has 1 aromatic heterocycles. The van der Waals surface area contributed by atoms with Crippen LogP contribution in [0.2, 0.25) is 0 Å². The van der Waals surface area contributed by atoms with Gasteiger partial charge in [0.05, 0.1) is 5.69 Å². The van der Waals surface area contributed by atoms with Gasteiger partial charge in [0.1, 0.15) is 0 Å². The van der Waals surface area contributed by atoms with Crippen LogP contribution < -0.4 is 10.6 Å². The number of primary amides is 1. The third-order valence-electron chi connectivity index (χ3n) is 5.42. The van der Waals surface area contributed by atoms with Gasteiger partial charge in [0, 0.05) is 35.0 Å². The van der Waals surface area contributed by atoms with Crippen molar-refractivity contribution in [2.45, 2.75) is 39.2 Å². The van der Waals surface area contributed by atoms with Gasteiger partial charge < -0.3 is 10.6 Å². The molecule has 0 unspecified atom stereocenters. The first-order valence-corrected chi connectivity index (χ1v) is 8.61. The minimum Gasteiger partial charge on any atom is -0.366 e. The molecule has 5 heteroatoms. The number of rotatable bonds is 3. The summed E-state index contributed by atoms with van der Waals surface area (Å²) in [7, 11) is 0. The van der Waals surface area contributed by atoms with Crippen LogP contribution in [0.25, 0.3) is 11.3 Å². The van der Waals surface area contributed by atoms with Gasteiger partial charge in [0.2, 0.25) is 11.9 Å². The quantitative estimate of drug-likeness (QED) is 0.942. The van der Waals surface area contributed by atoms with Gasteiger partial charge in [0.25, 0.3) is 0 Å². The molecule has 0 saturated carbocycles. The topological polar surface area (TPSA) is 72.1 Å². The lowest BCUT2D eigenvalue weighted by atomic mass is 9.92. The Morgan fingerprint density at radius 2 is 1.92 bits per heavy atom. The SMILES string of the molecule is C[C@@H]1CN(c2nc3c(c(-c4ccc(C(N)=O)cc4)n2)CCC3)[C@@H]1C. The summed E-state index contributed by atoms with van der Waals surface area (Å²) in [4.78, 5) is 23.3. The van der Waals surface area contributed by atoms with Crippen molar-refractivity contribution >= 4 is 11.9 Å². The molecule has 2 aromatic rings. The molecular weight excluding hydrogens is 300 g/mol. The van der Waals surface area contributed by atoms with E-state index in [2.05, 4.69) is 18.7 Å². The third kappa shape index (κ3) is 2.35. The normalized spacial score (nSPS) is 22.2. The molecule has 1 saturated heterocycles. The van der Waals surface area contributed by atoms with Crippen LogP contribution in [0.3, 0.4) is 0 Å². The monoisotopic (exact) mass is 322 g/mol. The number of aryl methyl sites for hydroxylation is 1. The van der Waals surface area contributed by atoms with Crippen LogP contribution in [-0.2, 0) is 12.8 Å². The van der Waals surface area contributed by atoms with Crippen molar-refractivity contribution in [3.05, 3.63) is 41.1 Å². The standard InChI is InChI=1S/C19H22N4O/c1-11-10-23(12(11)2)19-21-16-5-3-4-15(16)17(22-19)13-6-8-14(9-7-13)18(20)24/h6-9,11-12H,3-5,10H2,1-2H3,(H2,20,24)/t11-,12-/m1/s1. The molecule has 0 bridgehead atoms. The lowest BCUT2D eigenvalue weighted by molar-refractivity contribution is 0.100. The Hall–Kier alpha value is -2.43. The van der Waals surface area contributed by atoms with Crippen LogP contribution in [0, 0.1) is 5.92 Å². The van der Waals surface area contributed by atoms with Crippen molar-refractivity contribution in [3.8, 4) is 11.3 Å². The second kappa shape index (κ2) is 5.58. The molecule has 124 valence electrons. The van der Waals surface area contributed by atoms with Crippen LogP contribution in [0.15, 0.2) is 24.3 Å². The Bertz CT molecular complexity index is 800. The van der Waals surface area contributed by atoms with E-state index in [1.807, 2.05) is 12.1 Å². The minimum atomic E-state index is -0.404. The predicted octanol–water partition coefficient (Wildman–Crippen LogP) is 2.58. The Kier molecular flexibility index (Phi) is 3.52. The van der Waals surface area contributed by atoms with Crippen molar-refractivity contribution < 1.29 is 4.79 Å². The zero-order valence-electron chi connectivity index (χ0n) is 14.1. The van der Waals surface area contributed by atoms with E-state index in [1.165, 1.54) is 11.3 Å². The van der Waals surface area contributed by atoms with Gasteiger partial charge in [-0.2, -0.15) is 0 Å². The fraction of sp³-hybridized carbons (Fsp3) is 0.421. The molecule has 5 nitrogen and oxygen atoms in total. The number of carbonyl (C=O) groups is 1. The first-order chi connectivity index (χ1) is 11.5. The average Bonchev–Trinajstić information content (AvgIpc) is 3.07. The number of hydrogen-bond acceptors (Lipinski definition) is 4. The molecule has 2 atom stereocenters. The Morgan fingerprint density at radius 3 is 2.54 bits per heavy atom. The molecule has 1 fully saturated rings. The maximum atomic E-state index is 11.3. The van der Waals surface area contributed by atoms with Crippen LogP contribution >= 0.6 is 0 Å². The fourth-order valence-corrected chi connectivity index (χ4v) is 3.64. The van der Waals surface area contributed by atoms with E-state index in [1.54, 1.807) is 12.1 Å². The maximum Gasteiger partial charge on any atom is 0.248 e. The second-order valence-electron chi connectivity index (χ2n) is 6.96. The molecular formula is C19H22N4O. The highest BCUT2D eigenvalue weighted by Crippen LogP contribution is 2.35. The van der Waals surface area contributed by atoms with E-state index in [0.717, 1.165) is 43.0 Å². The molecule has 1 aliphatic heterocycles. The number of anilines is 1. The lowest BCUT2D eigenvalue weighted by Crippen LogP contribution is -2.54. The summed E-state index contributed by atoms with van der Waals surface area (Å²) < 4.78 is 0. The van der Waals surface area contributed by atoms with Crippen LogP contribution in [-0.4, -0.2) is 28.5 Å². The first-order valence-electron chi connectivity index (χ1n) is 8.61. The summed E-state index contributed by atoms with van der Waals surface area (Å²) in [5.74, 6) is 1.12. The molecule has 2 aliphatic rings. The van der Waals surface area contributed by atoms with Gasteiger partial charge >= 0.3 is 0 Å². The number of hydrogen-bond donors (Lipinski definition) is 1. The van der Waals surface area contributed by atoms with E-state index >= 15 is 0 Å². The summed E-state index contributed by atoms with van der Waals surface area (Å²) >= 11 is 0. The summed E-state index contributed by atoms with van der Waals surface area (Å²) in [5.41, 5.74) is 10.3. The van der Waals surface area contributed by atoms with Gasteiger partial charge in [0.15, 0.2) is 0 Å². The zero-order valence-corrected chi connectivity index (χ0v) is 14.1. The van der Waals surface area contributed by atoms with Gasteiger partial charge in [-0.05, 0) is 44.2 Å². The molecule has 0 radical (unpaired) electrons. The van der Waals surface area contributed by atoms with Crippen molar-refractivity contribution in [2.24, 2.45) is 11.7 Å². The third-order valence-corrected chi connectivity index (χ3v) is 5.42. The maximum absolute atomic E-state index is 11.3. The Morgan fingerprint density at radius 1 is 1.17 bits per heavy atom. The van der Waals surface area contributed by atoms with E-state index in [0.29, 0.717) is 17.5 Å². The summed E-state index contributed by atoms with van der Waals surface area (Å²) in [6, 6.07) is 7.90. The van der Waals surface area contributed by atoms with E-state index in [4.69, 9.17) is 15.7 Å². The van der Waals surface area contributed by atoms with Crippen molar-refractivity contribution in [3.63, 3.8) is 0 Å².